The zero-order valence-electron chi connectivity index (χ0n) is 10.8. The van der Waals surface area contributed by atoms with Gasteiger partial charge in [0.25, 0.3) is 0 Å². The molecule has 0 unspecified atom stereocenters. The number of rotatable bonds is 3. The number of fused-ring (bicyclic) bond motifs is 1. The van der Waals surface area contributed by atoms with Crippen molar-refractivity contribution in [1.82, 2.24) is 4.98 Å². The summed E-state index contributed by atoms with van der Waals surface area (Å²) in [6, 6.07) is 10.1. The lowest BCUT2D eigenvalue weighted by Crippen LogP contribution is -2.00. The van der Waals surface area contributed by atoms with Crippen molar-refractivity contribution >= 4 is 28.4 Å². The highest BCUT2D eigenvalue weighted by Gasteiger charge is 2.05. The van der Waals surface area contributed by atoms with Crippen LogP contribution in [0.2, 0.25) is 5.02 Å². The quantitative estimate of drug-likeness (QED) is 0.769. The number of hydrogen-bond acceptors (Lipinski definition) is 3. The maximum Gasteiger partial charge on any atom is 0.192 e. The Bertz CT molecular complexity index is 770. The molecule has 5 heteroatoms. The minimum absolute atomic E-state index is 0.335. The van der Waals surface area contributed by atoms with Crippen molar-refractivity contribution in [1.29, 1.82) is 0 Å². The number of oxazole rings is 1. The average molecular weight is 291 g/mol. The molecule has 0 amide bonds. The largest absolute Gasteiger partial charge is 0.441 e. The standard InChI is InChI=1S/C15H12ClFN2O/c1-9-19-14-7-12(4-5-15(14)20-9)18-8-10-2-3-11(17)6-13(10)16/h2-7,18H,8H2,1H3. The number of nitrogens with one attached hydrogen (secondary N) is 1. The third-order valence-corrected chi connectivity index (χ3v) is 3.34. The van der Waals surface area contributed by atoms with E-state index in [1.807, 2.05) is 25.1 Å². The molecule has 2 aromatic carbocycles. The molecule has 0 fully saturated rings. The smallest absolute Gasteiger partial charge is 0.192 e. The molecular formula is C15H12ClFN2O. The molecule has 102 valence electrons. The number of hydrogen-bond donors (Lipinski definition) is 1. The second-order valence-corrected chi connectivity index (χ2v) is 4.91. The summed E-state index contributed by atoms with van der Waals surface area (Å²) < 4.78 is 18.4. The molecule has 1 N–H and O–H groups in total. The summed E-state index contributed by atoms with van der Waals surface area (Å²) in [5, 5.41) is 3.65. The van der Waals surface area contributed by atoms with Gasteiger partial charge < -0.3 is 9.73 Å². The molecule has 3 rings (SSSR count). The van der Waals surface area contributed by atoms with Crippen LogP contribution in [0, 0.1) is 12.7 Å². The molecule has 0 aliphatic carbocycles. The number of aryl methyl sites for hydroxylation is 1. The van der Waals surface area contributed by atoms with Crippen LogP contribution < -0.4 is 5.32 Å². The second kappa shape index (κ2) is 5.13. The van der Waals surface area contributed by atoms with Gasteiger partial charge in [-0.15, -0.1) is 0 Å². The van der Waals surface area contributed by atoms with Crippen LogP contribution in [-0.4, -0.2) is 4.98 Å². The van der Waals surface area contributed by atoms with Gasteiger partial charge in [0.15, 0.2) is 11.5 Å². The minimum atomic E-state index is -0.335. The van der Waals surface area contributed by atoms with E-state index in [0.29, 0.717) is 17.5 Å². The zero-order valence-corrected chi connectivity index (χ0v) is 11.5. The molecule has 0 radical (unpaired) electrons. The molecule has 0 aliphatic rings. The highest BCUT2D eigenvalue weighted by Crippen LogP contribution is 2.22. The normalized spacial score (nSPS) is 10.9. The van der Waals surface area contributed by atoms with E-state index in [-0.39, 0.29) is 5.82 Å². The van der Waals surface area contributed by atoms with Crippen LogP contribution >= 0.6 is 11.6 Å². The van der Waals surface area contributed by atoms with Crippen molar-refractivity contribution in [3.8, 4) is 0 Å². The van der Waals surface area contributed by atoms with E-state index in [2.05, 4.69) is 10.3 Å². The lowest BCUT2D eigenvalue weighted by Gasteiger charge is -2.08. The van der Waals surface area contributed by atoms with Gasteiger partial charge >= 0.3 is 0 Å². The average Bonchev–Trinajstić information content (AvgIpc) is 2.77. The Morgan fingerprint density at radius 2 is 2.10 bits per heavy atom. The highest BCUT2D eigenvalue weighted by atomic mass is 35.5. The topological polar surface area (TPSA) is 38.1 Å². The summed E-state index contributed by atoms with van der Waals surface area (Å²) in [7, 11) is 0. The van der Waals surface area contributed by atoms with E-state index in [4.69, 9.17) is 16.0 Å². The molecule has 1 aromatic heterocycles. The molecule has 20 heavy (non-hydrogen) atoms. The van der Waals surface area contributed by atoms with E-state index < -0.39 is 0 Å². The van der Waals surface area contributed by atoms with Gasteiger partial charge in [-0.1, -0.05) is 17.7 Å². The summed E-state index contributed by atoms with van der Waals surface area (Å²) >= 11 is 5.99. The first kappa shape index (κ1) is 12.9. The van der Waals surface area contributed by atoms with E-state index in [1.165, 1.54) is 12.1 Å². The molecule has 0 saturated carbocycles. The molecule has 0 bridgehead atoms. The van der Waals surface area contributed by atoms with Crippen LogP contribution in [0.4, 0.5) is 10.1 Å². The Morgan fingerprint density at radius 1 is 1.25 bits per heavy atom. The van der Waals surface area contributed by atoms with Crippen LogP contribution in [0.15, 0.2) is 40.8 Å². The number of anilines is 1. The Kier molecular flexibility index (Phi) is 3.32. The number of nitrogens with zero attached hydrogens (tertiary/aromatic N) is 1. The van der Waals surface area contributed by atoms with Gasteiger partial charge in [-0.05, 0) is 35.9 Å². The SMILES string of the molecule is Cc1nc2cc(NCc3ccc(F)cc3Cl)ccc2o1. The predicted octanol–water partition coefficient (Wildman–Crippen LogP) is 4.54. The molecule has 0 atom stereocenters. The van der Waals surface area contributed by atoms with E-state index in [9.17, 15) is 4.39 Å². The summed E-state index contributed by atoms with van der Waals surface area (Å²) in [6.07, 6.45) is 0. The lowest BCUT2D eigenvalue weighted by molar-refractivity contribution is 0.561. The molecule has 3 aromatic rings. The second-order valence-electron chi connectivity index (χ2n) is 4.50. The lowest BCUT2D eigenvalue weighted by atomic mass is 10.2. The fourth-order valence-electron chi connectivity index (χ4n) is 2.01. The number of aromatic nitrogens is 1. The first-order chi connectivity index (χ1) is 9.61. The van der Waals surface area contributed by atoms with Crippen molar-refractivity contribution in [2.75, 3.05) is 5.32 Å². The molecule has 0 aliphatic heterocycles. The van der Waals surface area contributed by atoms with Crippen molar-refractivity contribution < 1.29 is 8.81 Å². The van der Waals surface area contributed by atoms with E-state index in [0.717, 1.165) is 22.4 Å². The van der Waals surface area contributed by atoms with Gasteiger partial charge in [-0.2, -0.15) is 0 Å². The van der Waals surface area contributed by atoms with Crippen LogP contribution in [0.5, 0.6) is 0 Å². The van der Waals surface area contributed by atoms with E-state index in [1.54, 1.807) is 6.07 Å². The minimum Gasteiger partial charge on any atom is -0.441 e. The van der Waals surface area contributed by atoms with E-state index >= 15 is 0 Å². The zero-order chi connectivity index (χ0) is 14.1. The molecule has 0 spiro atoms. The Labute approximate surface area is 120 Å². The van der Waals surface area contributed by atoms with Crippen LogP contribution in [0.1, 0.15) is 11.5 Å². The van der Waals surface area contributed by atoms with Crippen molar-refractivity contribution in [3.05, 3.63) is 58.7 Å². The third-order valence-electron chi connectivity index (χ3n) is 2.99. The Morgan fingerprint density at radius 3 is 2.90 bits per heavy atom. The maximum absolute atomic E-state index is 13.0. The first-order valence-corrected chi connectivity index (χ1v) is 6.54. The van der Waals surface area contributed by atoms with Gasteiger partial charge in [0.2, 0.25) is 0 Å². The number of benzene rings is 2. The number of halogens is 2. The van der Waals surface area contributed by atoms with Crippen LogP contribution in [0.25, 0.3) is 11.1 Å². The molecule has 1 heterocycles. The molecule has 0 saturated heterocycles. The van der Waals surface area contributed by atoms with Gasteiger partial charge in [-0.25, -0.2) is 9.37 Å². The van der Waals surface area contributed by atoms with Crippen LogP contribution in [0.3, 0.4) is 0 Å². The van der Waals surface area contributed by atoms with Crippen molar-refractivity contribution in [2.24, 2.45) is 0 Å². The van der Waals surface area contributed by atoms with Gasteiger partial charge in [-0.3, -0.25) is 0 Å². The van der Waals surface area contributed by atoms with Crippen molar-refractivity contribution in [3.63, 3.8) is 0 Å². The van der Waals surface area contributed by atoms with Gasteiger partial charge in [0, 0.05) is 24.2 Å². The highest BCUT2D eigenvalue weighted by molar-refractivity contribution is 6.31. The fraction of sp³-hybridized carbons (Fsp3) is 0.133. The fourth-order valence-corrected chi connectivity index (χ4v) is 2.25. The van der Waals surface area contributed by atoms with Gasteiger partial charge in [0.05, 0.1) is 0 Å². The Balaban J connectivity index is 1.79. The summed E-state index contributed by atoms with van der Waals surface area (Å²) in [4.78, 5) is 4.28. The third kappa shape index (κ3) is 2.60. The van der Waals surface area contributed by atoms with Gasteiger partial charge in [0.1, 0.15) is 11.3 Å². The first-order valence-electron chi connectivity index (χ1n) is 6.17. The maximum atomic E-state index is 13.0. The summed E-state index contributed by atoms with van der Waals surface area (Å²) in [6.45, 7) is 2.33. The molecular weight excluding hydrogens is 279 g/mol. The predicted molar refractivity (Wildman–Crippen MR) is 77.5 cm³/mol. The molecule has 3 nitrogen and oxygen atoms in total. The van der Waals surface area contributed by atoms with Crippen LogP contribution in [-0.2, 0) is 6.54 Å². The monoisotopic (exact) mass is 290 g/mol. The summed E-state index contributed by atoms with van der Waals surface area (Å²) in [5.41, 5.74) is 3.31. The Hall–Kier alpha value is -2.07. The van der Waals surface area contributed by atoms with Crippen molar-refractivity contribution in [2.45, 2.75) is 13.5 Å². The summed E-state index contributed by atoms with van der Waals surface area (Å²) in [5.74, 6) is 0.303.